The number of rotatable bonds is 4. The van der Waals surface area contributed by atoms with Crippen LogP contribution in [0.3, 0.4) is 0 Å². The zero-order chi connectivity index (χ0) is 17.1. The number of hydrogen-bond acceptors (Lipinski definition) is 5. The van der Waals surface area contributed by atoms with Crippen LogP contribution in [0.2, 0.25) is 0 Å². The Morgan fingerprint density at radius 3 is 2.67 bits per heavy atom. The predicted octanol–water partition coefficient (Wildman–Crippen LogP) is 3.05. The van der Waals surface area contributed by atoms with Crippen LogP contribution >= 0.6 is 0 Å². The second-order valence-corrected chi connectivity index (χ2v) is 5.12. The quantitative estimate of drug-likeness (QED) is 0.691. The molecule has 3 aromatic rings. The predicted molar refractivity (Wildman–Crippen MR) is 91.5 cm³/mol. The molecule has 0 spiro atoms. The van der Waals surface area contributed by atoms with Gasteiger partial charge < -0.3 is 14.0 Å². The number of ether oxygens (including phenoxy) is 2. The molecule has 3 rings (SSSR count). The van der Waals surface area contributed by atoms with Crippen LogP contribution in [0.1, 0.15) is 11.4 Å². The van der Waals surface area contributed by atoms with E-state index in [-0.39, 0.29) is 0 Å². The highest BCUT2D eigenvalue weighted by Gasteiger charge is 2.13. The molecule has 120 valence electrons. The molecule has 2 aromatic heterocycles. The first kappa shape index (κ1) is 15.6. The normalized spacial score (nSPS) is 11.3. The molecule has 0 fully saturated rings. The summed E-state index contributed by atoms with van der Waals surface area (Å²) in [4.78, 5) is 8.69. The lowest BCUT2D eigenvalue weighted by Gasteiger charge is -2.08. The van der Waals surface area contributed by atoms with Crippen molar-refractivity contribution < 1.29 is 9.47 Å². The van der Waals surface area contributed by atoms with Gasteiger partial charge in [0.1, 0.15) is 6.07 Å². The minimum absolute atomic E-state index is 0.447. The van der Waals surface area contributed by atoms with Gasteiger partial charge in [0.05, 0.1) is 25.3 Å². The van der Waals surface area contributed by atoms with Crippen LogP contribution in [-0.4, -0.2) is 28.8 Å². The minimum atomic E-state index is 0.447. The zero-order valence-electron chi connectivity index (χ0n) is 13.6. The van der Waals surface area contributed by atoms with E-state index in [2.05, 4.69) is 16.0 Å². The summed E-state index contributed by atoms with van der Waals surface area (Å²) in [6, 6.07) is 11.5. The molecule has 0 N–H and O–H groups in total. The van der Waals surface area contributed by atoms with E-state index in [4.69, 9.17) is 9.47 Å². The number of nitriles is 1. The number of pyridine rings is 1. The van der Waals surface area contributed by atoms with Crippen LogP contribution in [0.15, 0.2) is 36.5 Å². The minimum Gasteiger partial charge on any atom is -0.493 e. The summed E-state index contributed by atoms with van der Waals surface area (Å²) >= 11 is 0. The SMILES string of the molecule is COc1ccc(/C=C(/C#N)c2nc3ncccc3n2C)cc1OC. The van der Waals surface area contributed by atoms with E-state index in [1.165, 1.54) is 0 Å². The topological polar surface area (TPSA) is 73.0 Å². The Morgan fingerprint density at radius 2 is 2.00 bits per heavy atom. The van der Waals surface area contributed by atoms with Crippen LogP contribution in [0, 0.1) is 11.3 Å². The largest absolute Gasteiger partial charge is 0.493 e. The fourth-order valence-corrected chi connectivity index (χ4v) is 2.52. The molecule has 6 nitrogen and oxygen atoms in total. The van der Waals surface area contributed by atoms with E-state index >= 15 is 0 Å². The summed E-state index contributed by atoms with van der Waals surface area (Å²) < 4.78 is 12.4. The lowest BCUT2D eigenvalue weighted by atomic mass is 10.1. The Hall–Kier alpha value is -3.33. The monoisotopic (exact) mass is 320 g/mol. The van der Waals surface area contributed by atoms with Crippen LogP contribution < -0.4 is 9.47 Å². The van der Waals surface area contributed by atoms with Crippen molar-refractivity contribution in [2.45, 2.75) is 0 Å². The van der Waals surface area contributed by atoms with Crippen molar-refractivity contribution in [1.82, 2.24) is 14.5 Å². The number of methoxy groups -OCH3 is 2. The molecule has 2 heterocycles. The summed E-state index contributed by atoms with van der Waals surface area (Å²) in [5, 5.41) is 9.57. The first-order valence-corrected chi connectivity index (χ1v) is 7.29. The van der Waals surface area contributed by atoms with E-state index in [1.54, 1.807) is 32.6 Å². The third-order valence-electron chi connectivity index (χ3n) is 3.74. The second kappa shape index (κ2) is 6.42. The molecule has 0 saturated carbocycles. The van der Waals surface area contributed by atoms with Gasteiger partial charge in [0.15, 0.2) is 23.0 Å². The van der Waals surface area contributed by atoms with Gasteiger partial charge in [-0.05, 0) is 35.9 Å². The van der Waals surface area contributed by atoms with E-state index in [1.807, 2.05) is 35.9 Å². The first-order valence-electron chi connectivity index (χ1n) is 7.29. The highest BCUT2D eigenvalue weighted by Crippen LogP contribution is 2.29. The Labute approximate surface area is 139 Å². The highest BCUT2D eigenvalue weighted by molar-refractivity contribution is 5.90. The molecule has 0 aliphatic heterocycles. The fourth-order valence-electron chi connectivity index (χ4n) is 2.52. The number of fused-ring (bicyclic) bond motifs is 1. The third-order valence-corrected chi connectivity index (χ3v) is 3.74. The Morgan fingerprint density at radius 1 is 1.21 bits per heavy atom. The molecule has 0 atom stereocenters. The maximum Gasteiger partial charge on any atom is 0.178 e. The maximum absolute atomic E-state index is 9.57. The second-order valence-electron chi connectivity index (χ2n) is 5.12. The summed E-state index contributed by atoms with van der Waals surface area (Å²) in [5.41, 5.74) is 2.76. The fraction of sp³-hybridized carbons (Fsp3) is 0.167. The van der Waals surface area contributed by atoms with Gasteiger partial charge in [-0.15, -0.1) is 0 Å². The number of imidazole rings is 1. The van der Waals surface area contributed by atoms with Gasteiger partial charge >= 0.3 is 0 Å². The first-order chi connectivity index (χ1) is 11.7. The number of aryl methyl sites for hydroxylation is 1. The summed E-state index contributed by atoms with van der Waals surface area (Å²) in [6.07, 6.45) is 3.45. The number of benzene rings is 1. The Balaban J connectivity index is 2.09. The van der Waals surface area contributed by atoms with E-state index in [9.17, 15) is 5.26 Å². The number of hydrogen-bond donors (Lipinski definition) is 0. The third kappa shape index (κ3) is 2.68. The number of aromatic nitrogens is 3. The summed E-state index contributed by atoms with van der Waals surface area (Å²) in [6.45, 7) is 0. The molecule has 0 amide bonds. The molecular formula is C18H16N4O2. The van der Waals surface area contributed by atoms with Crippen molar-refractivity contribution in [2.75, 3.05) is 14.2 Å². The van der Waals surface area contributed by atoms with Crippen molar-refractivity contribution in [3.8, 4) is 17.6 Å². The lowest BCUT2D eigenvalue weighted by Crippen LogP contribution is -1.96. The molecule has 0 radical (unpaired) electrons. The van der Waals surface area contributed by atoms with Crippen LogP contribution in [0.4, 0.5) is 0 Å². The van der Waals surface area contributed by atoms with Crippen LogP contribution in [-0.2, 0) is 7.05 Å². The van der Waals surface area contributed by atoms with Crippen LogP contribution in [0.25, 0.3) is 22.8 Å². The van der Waals surface area contributed by atoms with Crippen molar-refractivity contribution in [2.24, 2.45) is 7.05 Å². The van der Waals surface area contributed by atoms with Crippen molar-refractivity contribution in [1.29, 1.82) is 5.26 Å². The molecule has 0 aliphatic carbocycles. The molecule has 0 saturated heterocycles. The molecule has 0 unspecified atom stereocenters. The smallest absolute Gasteiger partial charge is 0.178 e. The Kier molecular flexibility index (Phi) is 4.17. The summed E-state index contributed by atoms with van der Waals surface area (Å²) in [7, 11) is 5.03. The Bertz CT molecular complexity index is 967. The average molecular weight is 320 g/mol. The molecular weight excluding hydrogens is 304 g/mol. The van der Waals surface area contributed by atoms with Gasteiger partial charge in [0, 0.05) is 13.2 Å². The zero-order valence-corrected chi connectivity index (χ0v) is 13.6. The van der Waals surface area contributed by atoms with Crippen molar-refractivity contribution >= 4 is 22.8 Å². The van der Waals surface area contributed by atoms with Crippen molar-refractivity contribution in [3.05, 3.63) is 47.9 Å². The lowest BCUT2D eigenvalue weighted by molar-refractivity contribution is 0.355. The van der Waals surface area contributed by atoms with Crippen molar-refractivity contribution in [3.63, 3.8) is 0 Å². The highest BCUT2D eigenvalue weighted by atomic mass is 16.5. The summed E-state index contributed by atoms with van der Waals surface area (Å²) in [5.74, 6) is 1.82. The van der Waals surface area contributed by atoms with E-state index in [0.717, 1.165) is 11.1 Å². The number of allylic oxidation sites excluding steroid dienone is 1. The van der Waals surface area contributed by atoms with Crippen LogP contribution in [0.5, 0.6) is 11.5 Å². The van der Waals surface area contributed by atoms with E-state index in [0.29, 0.717) is 28.5 Å². The molecule has 24 heavy (non-hydrogen) atoms. The van der Waals surface area contributed by atoms with Gasteiger partial charge in [-0.3, -0.25) is 0 Å². The van der Waals surface area contributed by atoms with Gasteiger partial charge in [-0.1, -0.05) is 6.07 Å². The standard InChI is InChI=1S/C18H16N4O2/c1-22-14-5-4-8-20-17(14)21-18(22)13(11-19)9-12-6-7-15(23-2)16(10-12)24-3/h4-10H,1-3H3/b13-9-. The molecule has 0 bridgehead atoms. The molecule has 0 aliphatic rings. The molecule has 6 heteroatoms. The maximum atomic E-state index is 9.57. The van der Waals surface area contributed by atoms with Gasteiger partial charge in [0.25, 0.3) is 0 Å². The number of nitrogens with zero attached hydrogens (tertiary/aromatic N) is 4. The van der Waals surface area contributed by atoms with Gasteiger partial charge in [-0.2, -0.15) is 5.26 Å². The average Bonchev–Trinajstić information content (AvgIpc) is 2.96. The molecule has 1 aromatic carbocycles. The van der Waals surface area contributed by atoms with Gasteiger partial charge in [-0.25, -0.2) is 9.97 Å². The van der Waals surface area contributed by atoms with Gasteiger partial charge in [0.2, 0.25) is 0 Å². The van der Waals surface area contributed by atoms with E-state index < -0.39 is 0 Å².